The van der Waals surface area contributed by atoms with E-state index < -0.39 is 23.5 Å². The molecule has 1 aromatic heterocycles. The van der Waals surface area contributed by atoms with Crippen molar-refractivity contribution in [2.24, 2.45) is 5.73 Å². The predicted octanol–water partition coefficient (Wildman–Crippen LogP) is 4.02. The number of nitrogens with one attached hydrogen (secondary N) is 1. The van der Waals surface area contributed by atoms with E-state index in [9.17, 15) is 14.7 Å². The highest BCUT2D eigenvalue weighted by molar-refractivity contribution is 6.31. The van der Waals surface area contributed by atoms with E-state index in [1.165, 1.54) is 0 Å². The van der Waals surface area contributed by atoms with E-state index >= 15 is 0 Å². The molecule has 2 aromatic carbocycles. The van der Waals surface area contributed by atoms with Crippen LogP contribution >= 0.6 is 11.6 Å². The van der Waals surface area contributed by atoms with Crippen LogP contribution < -0.4 is 32.0 Å². The number of aromatic nitrogens is 2. The van der Waals surface area contributed by atoms with Crippen molar-refractivity contribution in [3.05, 3.63) is 70.5 Å². The van der Waals surface area contributed by atoms with Gasteiger partial charge in [-0.1, -0.05) is 35.9 Å². The van der Waals surface area contributed by atoms with Gasteiger partial charge in [0.15, 0.2) is 22.5 Å². The number of anilines is 2. The van der Waals surface area contributed by atoms with Gasteiger partial charge in [0.1, 0.15) is 11.5 Å². The topological polar surface area (TPSA) is 189 Å². The van der Waals surface area contributed by atoms with Crippen LogP contribution in [0, 0.1) is 0 Å². The van der Waals surface area contributed by atoms with Crippen LogP contribution in [0.1, 0.15) is 60.1 Å². The molecule has 11 nitrogen and oxygen atoms in total. The van der Waals surface area contributed by atoms with Gasteiger partial charge < -0.3 is 37.1 Å². The summed E-state index contributed by atoms with van der Waals surface area (Å²) in [5.41, 5.74) is 19.8. The molecule has 0 bridgehead atoms. The molecule has 8 N–H and O–H groups in total. The minimum atomic E-state index is -1.08. The number of rotatable bonds is 16. The first kappa shape index (κ1) is 32.4. The van der Waals surface area contributed by atoms with Gasteiger partial charge in [-0.05, 0) is 80.3 Å². The lowest BCUT2D eigenvalue weighted by Crippen LogP contribution is -2.49. The summed E-state index contributed by atoms with van der Waals surface area (Å²) >= 11 is 5.94. The molecule has 0 aliphatic heterocycles. The minimum absolute atomic E-state index is 0.109. The molecule has 0 saturated carbocycles. The van der Waals surface area contributed by atoms with Crippen LogP contribution in [0.2, 0.25) is 5.15 Å². The second-order valence-electron chi connectivity index (χ2n) is 10.4. The third-order valence-corrected chi connectivity index (χ3v) is 7.41. The molecule has 0 aliphatic carbocycles. The van der Waals surface area contributed by atoms with E-state index in [0.29, 0.717) is 12.8 Å². The Morgan fingerprint density at radius 3 is 1.86 bits per heavy atom. The zero-order valence-electron chi connectivity index (χ0n) is 23.9. The molecule has 0 spiro atoms. The van der Waals surface area contributed by atoms with Crippen LogP contribution in [0.25, 0.3) is 0 Å². The van der Waals surface area contributed by atoms with Gasteiger partial charge in [-0.3, -0.25) is 9.59 Å². The van der Waals surface area contributed by atoms with Gasteiger partial charge in [-0.15, -0.1) is 0 Å². The number of aliphatic carboxylic acids is 1. The number of aryl methyl sites for hydroxylation is 2. The number of hydrogen-bond donors (Lipinski definition) is 5. The van der Waals surface area contributed by atoms with Gasteiger partial charge in [0.2, 0.25) is 0 Å². The van der Waals surface area contributed by atoms with Crippen LogP contribution in [-0.4, -0.2) is 52.8 Å². The zero-order valence-corrected chi connectivity index (χ0v) is 24.7. The number of carbonyl (C=O) groups is 2. The summed E-state index contributed by atoms with van der Waals surface area (Å²) in [6.45, 7) is 0. The molecule has 226 valence electrons. The largest absolute Gasteiger partial charge is 0.497 e. The van der Waals surface area contributed by atoms with Crippen molar-refractivity contribution < 1.29 is 24.2 Å². The number of carboxylic acids is 1. The summed E-state index contributed by atoms with van der Waals surface area (Å²) in [6.07, 6.45) is 4.23. The molecule has 1 atom stereocenters. The van der Waals surface area contributed by atoms with Gasteiger partial charge in [-0.25, -0.2) is 9.97 Å². The molecule has 0 radical (unpaired) electrons. The second kappa shape index (κ2) is 15.2. The Labute approximate surface area is 250 Å². The van der Waals surface area contributed by atoms with Crippen LogP contribution in [-0.2, 0) is 17.6 Å². The maximum absolute atomic E-state index is 13.1. The van der Waals surface area contributed by atoms with Gasteiger partial charge >= 0.3 is 5.97 Å². The summed E-state index contributed by atoms with van der Waals surface area (Å²) in [5.74, 6) is -0.528. The van der Waals surface area contributed by atoms with E-state index in [1.54, 1.807) is 14.2 Å². The molecule has 42 heavy (non-hydrogen) atoms. The second-order valence-corrected chi connectivity index (χ2v) is 10.7. The van der Waals surface area contributed by atoms with Crippen molar-refractivity contribution >= 4 is 35.1 Å². The Bertz CT molecular complexity index is 1280. The highest BCUT2D eigenvalue weighted by atomic mass is 35.5. The molecule has 3 aromatic rings. The molecule has 3 rings (SSSR count). The number of amides is 1. The lowest BCUT2D eigenvalue weighted by atomic mass is 9.81. The van der Waals surface area contributed by atoms with Crippen LogP contribution in [0.3, 0.4) is 0 Å². The summed E-state index contributed by atoms with van der Waals surface area (Å²) in [4.78, 5) is 32.6. The molecule has 0 aliphatic rings. The molecular weight excluding hydrogens is 560 g/mol. The Balaban J connectivity index is 1.75. The van der Waals surface area contributed by atoms with E-state index in [2.05, 4.69) is 15.3 Å². The number of nitrogens with two attached hydrogens (primary N) is 3. The van der Waals surface area contributed by atoms with E-state index in [-0.39, 0.29) is 35.3 Å². The quantitative estimate of drug-likeness (QED) is 0.161. The lowest BCUT2D eigenvalue weighted by Gasteiger charge is -2.34. The first-order valence-electron chi connectivity index (χ1n) is 13.7. The standard InChI is InChI=1S/C30H39ClN6O5/c1-41-22-11-7-19(8-12-22)5-3-15-30(34,16-4-6-20-9-13-23(42-2)14-10-20)18-21(17-24(38)39)35-29(40)25-27(32)37-28(33)26(31)36-25/h7-14,21H,3-6,15-18,34H2,1-2H3,(H,35,40)(H,38,39)(H4,32,33,37)/t21-/m1/s1. The fraction of sp³-hybridized carbons (Fsp3) is 0.400. The van der Waals surface area contributed by atoms with Crippen molar-refractivity contribution in [1.82, 2.24) is 15.3 Å². The normalized spacial score (nSPS) is 12.0. The van der Waals surface area contributed by atoms with E-state index in [1.807, 2.05) is 48.5 Å². The van der Waals surface area contributed by atoms with Crippen LogP contribution in [0.15, 0.2) is 48.5 Å². The van der Waals surface area contributed by atoms with Crippen molar-refractivity contribution in [2.75, 3.05) is 25.7 Å². The van der Waals surface area contributed by atoms with Gasteiger partial charge in [0.25, 0.3) is 5.91 Å². The number of nitrogens with zero attached hydrogens (tertiary/aromatic N) is 2. The first-order valence-corrected chi connectivity index (χ1v) is 14.1. The van der Waals surface area contributed by atoms with Gasteiger partial charge in [0, 0.05) is 11.6 Å². The maximum Gasteiger partial charge on any atom is 0.305 e. The number of carbonyl (C=O) groups excluding carboxylic acids is 1. The van der Waals surface area contributed by atoms with E-state index in [4.69, 9.17) is 38.3 Å². The third kappa shape index (κ3) is 9.78. The number of methoxy groups -OCH3 is 2. The van der Waals surface area contributed by atoms with E-state index in [0.717, 1.165) is 48.3 Å². The summed E-state index contributed by atoms with van der Waals surface area (Å²) in [5, 5.41) is 12.2. The fourth-order valence-electron chi connectivity index (χ4n) is 4.94. The molecule has 0 saturated heterocycles. The maximum atomic E-state index is 13.1. The fourth-order valence-corrected chi connectivity index (χ4v) is 5.07. The Morgan fingerprint density at radius 1 is 0.905 bits per heavy atom. The highest BCUT2D eigenvalue weighted by Crippen LogP contribution is 2.27. The van der Waals surface area contributed by atoms with Crippen LogP contribution in [0.4, 0.5) is 11.6 Å². The van der Waals surface area contributed by atoms with Crippen molar-refractivity contribution in [1.29, 1.82) is 0 Å². The van der Waals surface area contributed by atoms with Crippen LogP contribution in [0.5, 0.6) is 11.5 Å². The monoisotopic (exact) mass is 598 g/mol. The Morgan fingerprint density at radius 2 is 1.40 bits per heavy atom. The minimum Gasteiger partial charge on any atom is -0.497 e. The summed E-state index contributed by atoms with van der Waals surface area (Å²) in [6, 6.07) is 14.9. The Kier molecular flexibility index (Phi) is 11.8. The summed E-state index contributed by atoms with van der Waals surface area (Å²) < 4.78 is 10.5. The molecule has 0 unspecified atom stereocenters. The Hall–Kier alpha value is -4.09. The first-order chi connectivity index (χ1) is 20.0. The van der Waals surface area contributed by atoms with Crippen molar-refractivity contribution in [3.63, 3.8) is 0 Å². The van der Waals surface area contributed by atoms with Gasteiger partial charge in [0.05, 0.1) is 20.6 Å². The number of ether oxygens (including phenoxy) is 2. The molecule has 0 fully saturated rings. The number of nitrogen functional groups attached to an aromatic ring is 2. The molecule has 1 amide bonds. The highest BCUT2D eigenvalue weighted by Gasteiger charge is 2.31. The number of hydrogen-bond acceptors (Lipinski definition) is 9. The van der Waals surface area contributed by atoms with Crippen molar-refractivity contribution in [3.8, 4) is 11.5 Å². The molecule has 1 heterocycles. The van der Waals surface area contributed by atoms with Crippen molar-refractivity contribution in [2.45, 2.75) is 62.9 Å². The van der Waals surface area contributed by atoms with Gasteiger partial charge in [-0.2, -0.15) is 0 Å². The number of carboxylic acid groups (broad SMARTS) is 1. The number of benzene rings is 2. The predicted molar refractivity (Wildman–Crippen MR) is 163 cm³/mol. The third-order valence-electron chi connectivity index (χ3n) is 7.13. The average molecular weight is 599 g/mol. The average Bonchev–Trinajstić information content (AvgIpc) is 2.95. The summed E-state index contributed by atoms with van der Waals surface area (Å²) in [7, 11) is 3.25. The molecular formula is C30H39ClN6O5. The lowest BCUT2D eigenvalue weighted by molar-refractivity contribution is -0.137. The number of halogens is 1. The SMILES string of the molecule is COc1ccc(CCCC(N)(CCCc2ccc(OC)cc2)C[C@@H](CC(=O)O)NC(=O)c2nc(Cl)c(N)nc2N)cc1. The smallest absolute Gasteiger partial charge is 0.305 e. The zero-order chi connectivity index (χ0) is 30.7. The molecule has 12 heteroatoms.